The van der Waals surface area contributed by atoms with Crippen LogP contribution in [-0.4, -0.2) is 18.2 Å². The van der Waals surface area contributed by atoms with Gasteiger partial charge in [0.25, 0.3) is 0 Å². The Hall–Kier alpha value is -0.570. The van der Waals surface area contributed by atoms with Crippen molar-refractivity contribution in [2.24, 2.45) is 5.92 Å². The van der Waals surface area contributed by atoms with Crippen LogP contribution in [0.2, 0.25) is 0 Å². The Morgan fingerprint density at radius 2 is 1.38 bits per heavy atom. The minimum atomic E-state index is -0.546. The molecule has 1 rings (SSSR count). The lowest BCUT2D eigenvalue weighted by molar-refractivity contribution is -0.135. The van der Waals surface area contributed by atoms with Gasteiger partial charge in [-0.25, -0.2) is 0 Å². The van der Waals surface area contributed by atoms with Gasteiger partial charge in [-0.2, -0.15) is 0 Å². The fourth-order valence-corrected chi connectivity index (χ4v) is 3.22. The second-order valence-corrected chi connectivity index (χ2v) is 6.89. The molecule has 0 unspecified atom stereocenters. The molecule has 3 heteroatoms. The molecule has 0 aliphatic heterocycles. The number of ether oxygens (including phenoxy) is 1. The largest absolute Gasteiger partial charge is 0.357 e. The summed E-state index contributed by atoms with van der Waals surface area (Å²) in [6.45, 7) is 6.45. The third-order valence-corrected chi connectivity index (χ3v) is 4.41. The van der Waals surface area contributed by atoms with E-state index in [9.17, 15) is 4.79 Å². The standard InChI is InChI=1S/C18H35NO2/c1-4-21-18(2,3)19-17(20)16-14-12-10-8-6-5-7-9-11-13-15-16/h16H,4-15H2,1-3H3,(H,19,20). The van der Waals surface area contributed by atoms with Crippen molar-refractivity contribution in [3.8, 4) is 0 Å². The number of amides is 1. The molecule has 0 heterocycles. The molecule has 0 aromatic rings. The summed E-state index contributed by atoms with van der Waals surface area (Å²) in [7, 11) is 0. The maximum absolute atomic E-state index is 12.5. The maximum Gasteiger partial charge on any atom is 0.225 e. The zero-order chi connectivity index (χ0) is 15.6. The Balaban J connectivity index is 2.47. The summed E-state index contributed by atoms with van der Waals surface area (Å²) in [6, 6.07) is 0. The summed E-state index contributed by atoms with van der Waals surface area (Å²) in [5.74, 6) is 0.356. The second kappa shape index (κ2) is 10.2. The van der Waals surface area contributed by atoms with Gasteiger partial charge in [0.1, 0.15) is 5.72 Å². The number of nitrogens with one attached hydrogen (secondary N) is 1. The van der Waals surface area contributed by atoms with E-state index in [0.29, 0.717) is 6.61 Å². The van der Waals surface area contributed by atoms with Crippen molar-refractivity contribution in [2.75, 3.05) is 6.61 Å². The number of hydrogen-bond acceptors (Lipinski definition) is 2. The number of hydrogen-bond donors (Lipinski definition) is 1. The Morgan fingerprint density at radius 3 is 1.81 bits per heavy atom. The molecule has 1 N–H and O–H groups in total. The zero-order valence-electron chi connectivity index (χ0n) is 14.4. The van der Waals surface area contributed by atoms with E-state index in [1.807, 2.05) is 20.8 Å². The van der Waals surface area contributed by atoms with Gasteiger partial charge in [0.05, 0.1) is 0 Å². The summed E-state index contributed by atoms with van der Waals surface area (Å²) in [5.41, 5.74) is -0.546. The summed E-state index contributed by atoms with van der Waals surface area (Å²) in [6.07, 6.45) is 13.8. The average Bonchev–Trinajstić information content (AvgIpc) is 2.38. The summed E-state index contributed by atoms with van der Waals surface area (Å²) in [4.78, 5) is 12.5. The molecule has 0 radical (unpaired) electrons. The molecule has 0 spiro atoms. The Morgan fingerprint density at radius 1 is 0.952 bits per heavy atom. The van der Waals surface area contributed by atoms with Crippen LogP contribution in [0.1, 0.15) is 91.4 Å². The predicted octanol–water partition coefficient (Wildman–Crippen LogP) is 4.80. The van der Waals surface area contributed by atoms with Crippen LogP contribution in [-0.2, 0) is 9.53 Å². The first kappa shape index (κ1) is 18.5. The minimum Gasteiger partial charge on any atom is -0.357 e. The normalized spacial score (nSPS) is 20.3. The highest BCUT2D eigenvalue weighted by Crippen LogP contribution is 2.22. The SMILES string of the molecule is CCOC(C)(C)NC(=O)C1CCCCCCCCCCC1. The molecule has 1 aliphatic rings. The highest BCUT2D eigenvalue weighted by atomic mass is 16.5. The predicted molar refractivity (Wildman–Crippen MR) is 88.1 cm³/mol. The van der Waals surface area contributed by atoms with Gasteiger partial charge in [-0.1, -0.05) is 57.8 Å². The van der Waals surface area contributed by atoms with Crippen molar-refractivity contribution < 1.29 is 9.53 Å². The average molecular weight is 297 g/mol. The van der Waals surface area contributed by atoms with E-state index in [1.54, 1.807) is 0 Å². The Bertz CT molecular complexity index is 277. The van der Waals surface area contributed by atoms with Crippen LogP contribution in [0, 0.1) is 5.92 Å². The van der Waals surface area contributed by atoms with Gasteiger partial charge in [0, 0.05) is 12.5 Å². The summed E-state index contributed by atoms with van der Waals surface area (Å²) < 4.78 is 5.60. The van der Waals surface area contributed by atoms with E-state index in [1.165, 1.54) is 57.8 Å². The molecule has 0 aromatic carbocycles. The summed E-state index contributed by atoms with van der Waals surface area (Å²) in [5, 5.41) is 3.08. The molecule has 0 atom stereocenters. The zero-order valence-corrected chi connectivity index (χ0v) is 14.4. The lowest BCUT2D eigenvalue weighted by atomic mass is 9.92. The molecule has 1 amide bonds. The number of rotatable bonds is 4. The first-order chi connectivity index (χ1) is 10.0. The van der Waals surface area contributed by atoms with Crippen LogP contribution in [0.15, 0.2) is 0 Å². The highest BCUT2D eigenvalue weighted by Gasteiger charge is 2.25. The quantitative estimate of drug-likeness (QED) is 0.757. The van der Waals surface area contributed by atoms with Crippen LogP contribution in [0.5, 0.6) is 0 Å². The molecule has 1 saturated carbocycles. The lowest BCUT2D eigenvalue weighted by Gasteiger charge is -2.28. The van der Waals surface area contributed by atoms with Gasteiger partial charge in [-0.3, -0.25) is 4.79 Å². The van der Waals surface area contributed by atoms with E-state index in [2.05, 4.69) is 5.32 Å². The van der Waals surface area contributed by atoms with E-state index in [-0.39, 0.29) is 11.8 Å². The third-order valence-electron chi connectivity index (χ3n) is 4.41. The van der Waals surface area contributed by atoms with Crippen LogP contribution in [0.25, 0.3) is 0 Å². The molecule has 0 saturated heterocycles. The van der Waals surface area contributed by atoms with Crippen molar-refractivity contribution in [1.82, 2.24) is 5.32 Å². The molecule has 1 aliphatic carbocycles. The van der Waals surface area contributed by atoms with Crippen molar-refractivity contribution >= 4 is 5.91 Å². The molecular formula is C18H35NO2. The minimum absolute atomic E-state index is 0.171. The van der Waals surface area contributed by atoms with Gasteiger partial charge in [-0.05, 0) is 33.6 Å². The molecule has 21 heavy (non-hydrogen) atoms. The topological polar surface area (TPSA) is 38.3 Å². The summed E-state index contributed by atoms with van der Waals surface area (Å²) >= 11 is 0. The Kier molecular flexibility index (Phi) is 8.98. The number of carbonyl (C=O) groups excluding carboxylic acids is 1. The van der Waals surface area contributed by atoms with E-state index in [4.69, 9.17) is 4.74 Å². The second-order valence-electron chi connectivity index (χ2n) is 6.89. The monoisotopic (exact) mass is 297 g/mol. The van der Waals surface area contributed by atoms with Crippen molar-refractivity contribution in [2.45, 2.75) is 97.1 Å². The van der Waals surface area contributed by atoms with Crippen LogP contribution in [0.3, 0.4) is 0 Å². The van der Waals surface area contributed by atoms with E-state index < -0.39 is 5.72 Å². The highest BCUT2D eigenvalue weighted by molar-refractivity contribution is 5.79. The fraction of sp³-hybridized carbons (Fsp3) is 0.944. The smallest absolute Gasteiger partial charge is 0.225 e. The van der Waals surface area contributed by atoms with Crippen LogP contribution >= 0.6 is 0 Å². The van der Waals surface area contributed by atoms with Gasteiger partial charge >= 0.3 is 0 Å². The molecule has 3 nitrogen and oxygen atoms in total. The van der Waals surface area contributed by atoms with E-state index >= 15 is 0 Å². The fourth-order valence-electron chi connectivity index (χ4n) is 3.22. The van der Waals surface area contributed by atoms with E-state index in [0.717, 1.165) is 12.8 Å². The molecular weight excluding hydrogens is 262 g/mol. The molecule has 0 aromatic heterocycles. The van der Waals surface area contributed by atoms with Crippen molar-refractivity contribution in [3.63, 3.8) is 0 Å². The molecule has 1 fully saturated rings. The lowest BCUT2D eigenvalue weighted by Crippen LogP contribution is -2.48. The van der Waals surface area contributed by atoms with Gasteiger partial charge in [-0.15, -0.1) is 0 Å². The maximum atomic E-state index is 12.5. The van der Waals surface area contributed by atoms with Gasteiger partial charge < -0.3 is 10.1 Å². The molecule has 0 bridgehead atoms. The van der Waals surface area contributed by atoms with Crippen molar-refractivity contribution in [3.05, 3.63) is 0 Å². The molecule has 124 valence electrons. The Labute approximate surface area is 131 Å². The third kappa shape index (κ3) is 8.45. The first-order valence-electron chi connectivity index (χ1n) is 9.01. The van der Waals surface area contributed by atoms with Gasteiger partial charge in [0.2, 0.25) is 5.91 Å². The number of carbonyl (C=O) groups is 1. The van der Waals surface area contributed by atoms with Crippen molar-refractivity contribution in [1.29, 1.82) is 0 Å². The van der Waals surface area contributed by atoms with Gasteiger partial charge in [0.15, 0.2) is 0 Å². The van der Waals surface area contributed by atoms with Crippen LogP contribution in [0.4, 0.5) is 0 Å². The first-order valence-corrected chi connectivity index (χ1v) is 9.01. The van der Waals surface area contributed by atoms with Crippen LogP contribution < -0.4 is 5.32 Å².